The van der Waals surface area contributed by atoms with Crippen LogP contribution in [0, 0.1) is 0 Å². The molecule has 0 bridgehead atoms. The Bertz CT molecular complexity index is 688. The zero-order valence-corrected chi connectivity index (χ0v) is 10.3. The third-order valence-electron chi connectivity index (χ3n) is 2.82. The number of rotatable bonds is 2. The predicted octanol–water partition coefficient (Wildman–Crippen LogP) is 2.51. The van der Waals surface area contributed by atoms with Gasteiger partial charge in [-0.3, -0.25) is 4.40 Å². The molecule has 2 heterocycles. The number of pyridine rings is 1. The van der Waals surface area contributed by atoms with Crippen LogP contribution in [0.1, 0.15) is 5.56 Å². The van der Waals surface area contributed by atoms with Crippen LogP contribution in [-0.2, 0) is 6.54 Å². The van der Waals surface area contributed by atoms with E-state index in [1.54, 1.807) is 6.07 Å². The third-order valence-corrected chi connectivity index (χ3v) is 3.05. The van der Waals surface area contributed by atoms with Crippen LogP contribution in [0.15, 0.2) is 42.6 Å². The van der Waals surface area contributed by atoms with Crippen LogP contribution in [0.4, 0.5) is 0 Å². The van der Waals surface area contributed by atoms with Gasteiger partial charge in [-0.1, -0.05) is 35.9 Å². The fourth-order valence-corrected chi connectivity index (χ4v) is 2.01. The summed E-state index contributed by atoms with van der Waals surface area (Å²) in [5, 5.41) is 8.94. The van der Waals surface area contributed by atoms with E-state index in [1.807, 2.05) is 40.9 Å². The van der Waals surface area contributed by atoms with Gasteiger partial charge in [0.2, 0.25) is 0 Å². The maximum atomic E-state index is 5.92. The molecule has 3 rings (SSSR count). The Morgan fingerprint density at radius 2 is 1.89 bits per heavy atom. The number of hydrogen-bond acceptors (Lipinski definition) is 3. The van der Waals surface area contributed by atoms with Gasteiger partial charge in [-0.15, -0.1) is 10.2 Å². The summed E-state index contributed by atoms with van der Waals surface area (Å²) in [6.45, 7) is 0.538. The van der Waals surface area contributed by atoms with Crippen LogP contribution in [0.2, 0.25) is 5.02 Å². The number of halogens is 1. The Kier molecular flexibility index (Phi) is 2.74. The average molecular weight is 259 g/mol. The van der Waals surface area contributed by atoms with Crippen molar-refractivity contribution in [1.82, 2.24) is 14.6 Å². The summed E-state index contributed by atoms with van der Waals surface area (Å²) in [5.74, 6) is 0.797. The lowest BCUT2D eigenvalue weighted by Crippen LogP contribution is -1.96. The quantitative estimate of drug-likeness (QED) is 0.768. The number of hydrogen-bond donors (Lipinski definition) is 1. The second-order valence-corrected chi connectivity index (χ2v) is 4.43. The normalized spacial score (nSPS) is 11.0. The minimum Gasteiger partial charge on any atom is -0.326 e. The van der Waals surface area contributed by atoms with Crippen molar-refractivity contribution in [1.29, 1.82) is 0 Å². The van der Waals surface area contributed by atoms with E-state index in [0.717, 1.165) is 22.6 Å². The van der Waals surface area contributed by atoms with Gasteiger partial charge in [-0.05, 0) is 11.6 Å². The highest BCUT2D eigenvalue weighted by Gasteiger charge is 2.07. The van der Waals surface area contributed by atoms with Gasteiger partial charge in [0.05, 0.1) is 0 Å². The zero-order chi connectivity index (χ0) is 12.5. The van der Waals surface area contributed by atoms with Gasteiger partial charge in [0.1, 0.15) is 0 Å². The Morgan fingerprint density at radius 1 is 1.11 bits per heavy atom. The zero-order valence-electron chi connectivity index (χ0n) is 9.55. The number of aromatic nitrogens is 3. The fourth-order valence-electron chi connectivity index (χ4n) is 1.85. The Balaban J connectivity index is 2.13. The van der Waals surface area contributed by atoms with E-state index in [0.29, 0.717) is 11.6 Å². The minimum atomic E-state index is 0.538. The summed E-state index contributed by atoms with van der Waals surface area (Å²) < 4.78 is 1.91. The largest absolute Gasteiger partial charge is 0.326 e. The summed E-state index contributed by atoms with van der Waals surface area (Å²) in [6.07, 6.45) is 1.86. The van der Waals surface area contributed by atoms with Crippen molar-refractivity contribution in [3.8, 4) is 11.4 Å². The molecule has 90 valence electrons. The minimum absolute atomic E-state index is 0.538. The monoisotopic (exact) mass is 258 g/mol. The van der Waals surface area contributed by atoms with E-state index in [2.05, 4.69) is 10.2 Å². The number of benzene rings is 1. The topological polar surface area (TPSA) is 56.2 Å². The Labute approximate surface area is 109 Å². The fraction of sp³-hybridized carbons (Fsp3) is 0.0769. The van der Waals surface area contributed by atoms with Gasteiger partial charge in [0.25, 0.3) is 0 Å². The molecule has 0 aliphatic carbocycles. The summed E-state index contributed by atoms with van der Waals surface area (Å²) in [7, 11) is 0. The van der Waals surface area contributed by atoms with Crippen LogP contribution in [-0.4, -0.2) is 14.6 Å². The van der Waals surface area contributed by atoms with Crippen molar-refractivity contribution in [2.45, 2.75) is 6.54 Å². The molecule has 2 aromatic heterocycles. The standard InChI is InChI=1S/C13H11ClN4/c14-11-5-6-18-12(7-11)16-17-13(18)10-3-1-9(8-15)2-4-10/h1-7H,8,15H2. The summed E-state index contributed by atoms with van der Waals surface area (Å²) in [6, 6.07) is 11.6. The first-order chi connectivity index (χ1) is 8.78. The van der Waals surface area contributed by atoms with E-state index < -0.39 is 0 Å². The van der Waals surface area contributed by atoms with Crippen molar-refractivity contribution in [2.75, 3.05) is 0 Å². The summed E-state index contributed by atoms with van der Waals surface area (Å²) in [4.78, 5) is 0. The Morgan fingerprint density at radius 3 is 2.61 bits per heavy atom. The van der Waals surface area contributed by atoms with Gasteiger partial charge < -0.3 is 5.73 Å². The molecule has 0 unspecified atom stereocenters. The molecule has 0 fully saturated rings. The van der Waals surface area contributed by atoms with Crippen LogP contribution in [0.3, 0.4) is 0 Å². The lowest BCUT2D eigenvalue weighted by Gasteiger charge is -2.01. The molecular formula is C13H11ClN4. The molecule has 0 amide bonds. The molecular weight excluding hydrogens is 248 g/mol. The molecule has 0 saturated heterocycles. The van der Waals surface area contributed by atoms with E-state index >= 15 is 0 Å². The predicted molar refractivity (Wildman–Crippen MR) is 71.3 cm³/mol. The molecule has 1 aromatic carbocycles. The molecule has 0 aliphatic rings. The molecule has 0 radical (unpaired) electrons. The van der Waals surface area contributed by atoms with Gasteiger partial charge in [-0.25, -0.2) is 0 Å². The molecule has 2 N–H and O–H groups in total. The SMILES string of the molecule is NCc1ccc(-c2nnc3cc(Cl)ccn23)cc1. The van der Waals surface area contributed by atoms with E-state index in [1.165, 1.54) is 0 Å². The first kappa shape index (κ1) is 11.2. The highest BCUT2D eigenvalue weighted by Crippen LogP contribution is 2.20. The summed E-state index contributed by atoms with van der Waals surface area (Å²) >= 11 is 5.92. The number of nitrogens with zero attached hydrogens (tertiary/aromatic N) is 3. The molecule has 18 heavy (non-hydrogen) atoms. The van der Waals surface area contributed by atoms with E-state index in [9.17, 15) is 0 Å². The number of fused-ring (bicyclic) bond motifs is 1. The number of nitrogens with two attached hydrogens (primary N) is 1. The maximum Gasteiger partial charge on any atom is 0.168 e. The smallest absolute Gasteiger partial charge is 0.168 e. The second-order valence-electron chi connectivity index (χ2n) is 4.00. The Hall–Kier alpha value is -1.91. The molecule has 3 aromatic rings. The highest BCUT2D eigenvalue weighted by atomic mass is 35.5. The van der Waals surface area contributed by atoms with Gasteiger partial charge in [0, 0.05) is 29.4 Å². The molecule has 4 nitrogen and oxygen atoms in total. The van der Waals surface area contributed by atoms with Gasteiger partial charge in [0.15, 0.2) is 11.5 Å². The van der Waals surface area contributed by atoms with Crippen molar-refractivity contribution < 1.29 is 0 Å². The first-order valence-corrected chi connectivity index (χ1v) is 5.95. The van der Waals surface area contributed by atoms with Crippen LogP contribution < -0.4 is 5.73 Å². The lowest BCUT2D eigenvalue weighted by molar-refractivity contribution is 1.07. The third kappa shape index (κ3) is 1.85. The molecule has 0 atom stereocenters. The van der Waals surface area contributed by atoms with Crippen LogP contribution >= 0.6 is 11.6 Å². The lowest BCUT2D eigenvalue weighted by atomic mass is 10.1. The van der Waals surface area contributed by atoms with Crippen molar-refractivity contribution >= 4 is 17.2 Å². The van der Waals surface area contributed by atoms with Gasteiger partial charge in [-0.2, -0.15) is 0 Å². The molecule has 0 spiro atoms. The second kappa shape index (κ2) is 4.40. The van der Waals surface area contributed by atoms with Crippen molar-refractivity contribution in [2.24, 2.45) is 5.73 Å². The van der Waals surface area contributed by atoms with E-state index in [4.69, 9.17) is 17.3 Å². The highest BCUT2D eigenvalue weighted by molar-refractivity contribution is 6.30. The molecule has 0 saturated carbocycles. The maximum absolute atomic E-state index is 5.92. The first-order valence-electron chi connectivity index (χ1n) is 5.57. The molecule has 5 heteroatoms. The average Bonchev–Trinajstić information content (AvgIpc) is 2.81. The summed E-state index contributed by atoms with van der Waals surface area (Å²) in [5.41, 5.74) is 8.41. The molecule has 0 aliphatic heterocycles. The van der Waals surface area contributed by atoms with Crippen molar-refractivity contribution in [3.05, 3.63) is 53.2 Å². The van der Waals surface area contributed by atoms with Crippen LogP contribution in [0.5, 0.6) is 0 Å². The van der Waals surface area contributed by atoms with Crippen molar-refractivity contribution in [3.63, 3.8) is 0 Å². The van der Waals surface area contributed by atoms with Gasteiger partial charge >= 0.3 is 0 Å². The van der Waals surface area contributed by atoms with Crippen LogP contribution in [0.25, 0.3) is 17.0 Å². The van der Waals surface area contributed by atoms with E-state index in [-0.39, 0.29) is 0 Å².